The van der Waals surface area contributed by atoms with E-state index in [0.717, 1.165) is 61.9 Å². The number of nitrogens with one attached hydrogen (secondary N) is 2. The molecule has 3 saturated heterocycles. The Balaban J connectivity index is 0.708. The van der Waals surface area contributed by atoms with E-state index >= 15 is 0 Å². The minimum atomic E-state index is -0.985. The SMILES string of the molecule is C=CCn1c(=O)c2cnc(Nc3ccc(N4CCN(CC5CC6(C5)CN(Cc5ccc(C7CCC(=O)NC7=O)cc5)C6)CC4)cc3)nc2n1-c1ccc2c(n1)[C@@](O)(CC)CC2. The van der Waals surface area contributed by atoms with Crippen LogP contribution in [0.2, 0.25) is 0 Å². The van der Waals surface area contributed by atoms with E-state index in [4.69, 9.17) is 9.97 Å². The van der Waals surface area contributed by atoms with E-state index in [9.17, 15) is 19.5 Å². The smallest absolute Gasteiger partial charge is 0.278 e. The first kappa shape index (κ1) is 39.4. The minimum absolute atomic E-state index is 0.173. The molecule has 3 aliphatic heterocycles. The van der Waals surface area contributed by atoms with E-state index < -0.39 is 5.60 Å². The third-order valence-electron chi connectivity index (χ3n) is 14.0. The van der Waals surface area contributed by atoms with E-state index in [2.05, 4.69) is 73.3 Å². The predicted octanol–water partition coefficient (Wildman–Crippen LogP) is 5.01. The first-order chi connectivity index (χ1) is 29.6. The molecule has 1 saturated carbocycles. The molecule has 316 valence electrons. The second-order valence-electron chi connectivity index (χ2n) is 18.1. The van der Waals surface area contributed by atoms with Gasteiger partial charge in [0.2, 0.25) is 17.8 Å². The number of fused-ring (bicyclic) bond motifs is 2. The molecule has 5 aromatic rings. The van der Waals surface area contributed by atoms with Gasteiger partial charge in [-0.2, -0.15) is 4.98 Å². The molecule has 3 aromatic heterocycles. The number of benzene rings is 2. The van der Waals surface area contributed by atoms with Crippen LogP contribution in [0.1, 0.15) is 73.8 Å². The van der Waals surface area contributed by atoms with Crippen molar-refractivity contribution in [3.05, 3.63) is 112 Å². The number of piperazine rings is 1. The fourth-order valence-corrected chi connectivity index (χ4v) is 10.7. The van der Waals surface area contributed by atoms with Gasteiger partial charge in [-0.05, 0) is 96.9 Å². The summed E-state index contributed by atoms with van der Waals surface area (Å²) in [7, 11) is 0. The molecule has 6 heterocycles. The molecule has 5 aliphatic rings. The number of carbonyl (C=O) groups excluding carboxylic acids is 2. The lowest BCUT2D eigenvalue weighted by Crippen LogP contribution is -2.63. The lowest BCUT2D eigenvalue weighted by Gasteiger charge is -2.60. The van der Waals surface area contributed by atoms with Crippen LogP contribution in [0.4, 0.5) is 17.3 Å². The fourth-order valence-electron chi connectivity index (χ4n) is 10.7. The topological polar surface area (TPSA) is 154 Å². The third-order valence-corrected chi connectivity index (χ3v) is 14.0. The lowest BCUT2D eigenvalue weighted by molar-refractivity contribution is -0.134. The minimum Gasteiger partial charge on any atom is -0.384 e. The van der Waals surface area contributed by atoms with E-state index in [1.54, 1.807) is 21.6 Å². The van der Waals surface area contributed by atoms with E-state index in [1.807, 2.05) is 31.2 Å². The highest BCUT2D eigenvalue weighted by Crippen LogP contribution is 2.52. The van der Waals surface area contributed by atoms with Gasteiger partial charge in [-0.3, -0.25) is 29.5 Å². The Bertz CT molecular complexity index is 2550. The number of pyridine rings is 1. The molecule has 0 bridgehead atoms. The number of aliphatic hydroxyl groups is 1. The molecule has 14 nitrogen and oxygen atoms in total. The number of imide groups is 1. The van der Waals surface area contributed by atoms with Crippen molar-refractivity contribution in [3.63, 3.8) is 0 Å². The molecule has 2 amide bonds. The molecule has 61 heavy (non-hydrogen) atoms. The summed E-state index contributed by atoms with van der Waals surface area (Å²) >= 11 is 0. The summed E-state index contributed by atoms with van der Waals surface area (Å²) in [5, 5.41) is 17.5. The number of piperidine rings is 1. The Labute approximate surface area is 355 Å². The zero-order chi connectivity index (χ0) is 41.9. The highest BCUT2D eigenvalue weighted by Gasteiger charge is 2.52. The van der Waals surface area contributed by atoms with Crippen LogP contribution in [0, 0.1) is 11.3 Å². The number of anilines is 3. The molecular formula is C47H54N10O4. The van der Waals surface area contributed by atoms with Crippen molar-refractivity contribution in [1.82, 2.24) is 39.4 Å². The Morgan fingerprint density at radius 2 is 1.70 bits per heavy atom. The second kappa shape index (κ2) is 15.6. The molecule has 2 atom stereocenters. The summed E-state index contributed by atoms with van der Waals surface area (Å²) in [5.41, 5.74) is 5.71. The van der Waals surface area contributed by atoms with Crippen molar-refractivity contribution in [2.45, 2.75) is 76.5 Å². The van der Waals surface area contributed by atoms with Crippen molar-refractivity contribution >= 4 is 40.2 Å². The Morgan fingerprint density at radius 1 is 0.934 bits per heavy atom. The summed E-state index contributed by atoms with van der Waals surface area (Å²) in [4.78, 5) is 59.2. The van der Waals surface area contributed by atoms with Gasteiger partial charge >= 0.3 is 0 Å². The van der Waals surface area contributed by atoms with Crippen molar-refractivity contribution in [2.75, 3.05) is 56.0 Å². The number of aryl methyl sites for hydroxylation is 1. The highest BCUT2D eigenvalue weighted by molar-refractivity contribution is 6.00. The molecule has 2 aliphatic carbocycles. The number of carbonyl (C=O) groups is 2. The van der Waals surface area contributed by atoms with Gasteiger partial charge in [-0.15, -0.1) is 6.58 Å². The van der Waals surface area contributed by atoms with Crippen LogP contribution >= 0.6 is 0 Å². The summed E-state index contributed by atoms with van der Waals surface area (Å²) in [6.07, 6.45) is 8.82. The highest BCUT2D eigenvalue weighted by atomic mass is 16.3. The van der Waals surface area contributed by atoms with Crippen LogP contribution in [-0.2, 0) is 34.7 Å². The van der Waals surface area contributed by atoms with Gasteiger partial charge in [0.15, 0.2) is 11.5 Å². The normalized spacial score (nSPS) is 22.9. The predicted molar refractivity (Wildman–Crippen MR) is 234 cm³/mol. The average molecular weight is 823 g/mol. The van der Waals surface area contributed by atoms with Crippen LogP contribution < -0.4 is 21.1 Å². The van der Waals surface area contributed by atoms with Crippen molar-refractivity contribution in [3.8, 4) is 5.82 Å². The lowest BCUT2D eigenvalue weighted by atomic mass is 9.57. The number of nitrogens with zero attached hydrogens (tertiary/aromatic N) is 8. The number of hydrogen-bond donors (Lipinski definition) is 3. The first-order valence-corrected chi connectivity index (χ1v) is 21.9. The standard InChI is InChI=1S/C47H54N10O4/c1-3-19-56-44(60)38-26-48-45(52-42(38)57(56)39-15-9-34-17-18-47(61,4-2)41(34)50-39)49-35-10-12-36(13-11-35)55-22-20-53(21-23-55)28-32-24-46(25-32)29-54(30-46)27-31-5-7-33(8-6-31)37-14-16-40(58)51-43(37)59/h3,5-13,15,26,32,37,61H,1,4,14,16-25,27-30H2,2H3,(H,48,49,52)(H,51,58,59)/t37?,47-/m1/s1. The summed E-state index contributed by atoms with van der Waals surface area (Å²) in [5.74, 6) is 1.08. The monoisotopic (exact) mass is 822 g/mol. The van der Waals surface area contributed by atoms with Crippen molar-refractivity contribution in [1.29, 1.82) is 0 Å². The summed E-state index contributed by atoms with van der Waals surface area (Å²) in [6.45, 7) is 14.7. The molecule has 1 unspecified atom stereocenters. The third kappa shape index (κ3) is 7.44. The van der Waals surface area contributed by atoms with Gasteiger partial charge in [0.05, 0.1) is 18.2 Å². The first-order valence-electron chi connectivity index (χ1n) is 21.9. The van der Waals surface area contributed by atoms with E-state index in [0.29, 0.717) is 59.6 Å². The molecule has 1 spiro atoms. The van der Waals surface area contributed by atoms with E-state index in [1.165, 1.54) is 43.7 Å². The number of rotatable bonds is 12. The Morgan fingerprint density at radius 3 is 2.43 bits per heavy atom. The van der Waals surface area contributed by atoms with Crippen molar-refractivity contribution < 1.29 is 14.7 Å². The fraction of sp³-hybridized carbons (Fsp3) is 0.447. The second-order valence-corrected chi connectivity index (χ2v) is 18.1. The maximum Gasteiger partial charge on any atom is 0.278 e. The molecule has 3 N–H and O–H groups in total. The Hall–Kier alpha value is -5.70. The summed E-state index contributed by atoms with van der Waals surface area (Å²) in [6, 6.07) is 20.7. The molecule has 0 radical (unpaired) electrons. The number of amides is 2. The molecular weight excluding hydrogens is 769 g/mol. The average Bonchev–Trinajstić information content (AvgIpc) is 3.72. The maximum atomic E-state index is 13.5. The van der Waals surface area contributed by atoms with Crippen molar-refractivity contribution in [2.24, 2.45) is 11.3 Å². The quantitative estimate of drug-likeness (QED) is 0.115. The van der Waals surface area contributed by atoms with Gasteiger partial charge < -0.3 is 15.3 Å². The molecule has 14 heteroatoms. The van der Waals surface area contributed by atoms with Gasteiger partial charge in [0.1, 0.15) is 11.0 Å². The zero-order valence-electron chi connectivity index (χ0n) is 34.9. The molecule has 4 fully saturated rings. The summed E-state index contributed by atoms with van der Waals surface area (Å²) < 4.78 is 3.27. The number of aromatic nitrogens is 5. The number of hydrogen-bond acceptors (Lipinski definition) is 11. The zero-order valence-corrected chi connectivity index (χ0v) is 34.9. The maximum absolute atomic E-state index is 13.5. The van der Waals surface area contributed by atoms with Crippen LogP contribution in [0.15, 0.2) is 84.3 Å². The largest absolute Gasteiger partial charge is 0.384 e. The van der Waals surface area contributed by atoms with Crippen LogP contribution in [0.3, 0.4) is 0 Å². The Kier molecular flexibility index (Phi) is 10.1. The molecule has 10 rings (SSSR count). The van der Waals surface area contributed by atoms with Crippen LogP contribution in [-0.4, -0.2) is 96.8 Å². The van der Waals surface area contributed by atoms with Gasteiger partial charge in [-0.25, -0.2) is 19.3 Å². The van der Waals surface area contributed by atoms with Crippen LogP contribution in [0.5, 0.6) is 0 Å². The van der Waals surface area contributed by atoms with Crippen LogP contribution in [0.25, 0.3) is 16.9 Å². The van der Waals surface area contributed by atoms with Gasteiger partial charge in [-0.1, -0.05) is 43.3 Å². The number of allylic oxidation sites excluding steroid dienone is 1. The van der Waals surface area contributed by atoms with E-state index in [-0.39, 0.29) is 29.8 Å². The molecule has 2 aromatic carbocycles. The van der Waals surface area contributed by atoms with Gasteiger partial charge in [0, 0.05) is 76.4 Å². The van der Waals surface area contributed by atoms with Gasteiger partial charge in [0.25, 0.3) is 5.56 Å². The number of likely N-dealkylation sites (tertiary alicyclic amines) is 1.